The van der Waals surface area contributed by atoms with Gasteiger partial charge < -0.3 is 5.32 Å². The van der Waals surface area contributed by atoms with Crippen LogP contribution in [0.5, 0.6) is 0 Å². The van der Waals surface area contributed by atoms with Gasteiger partial charge in [0.1, 0.15) is 0 Å². The van der Waals surface area contributed by atoms with Crippen molar-refractivity contribution in [3.8, 4) is 0 Å². The van der Waals surface area contributed by atoms with Gasteiger partial charge in [-0.3, -0.25) is 10.1 Å². The third-order valence-electron chi connectivity index (χ3n) is 4.03. The molecule has 1 heterocycles. The Morgan fingerprint density at radius 2 is 1.92 bits per heavy atom. The summed E-state index contributed by atoms with van der Waals surface area (Å²) in [5.74, 6) is 0. The molecule has 0 atom stereocenters. The molecule has 0 saturated heterocycles. The van der Waals surface area contributed by atoms with Crippen LogP contribution in [0, 0.1) is 17.0 Å². The maximum Gasteiger partial charge on any atom is 0.269 e. The molecule has 2 N–H and O–H groups in total. The predicted molar refractivity (Wildman–Crippen MR) is 88.8 cm³/mol. The fourth-order valence-corrected chi connectivity index (χ4v) is 4.01. The number of nitro benzene ring substituents is 1. The van der Waals surface area contributed by atoms with E-state index in [0.717, 1.165) is 18.7 Å². The first-order valence-corrected chi connectivity index (χ1v) is 8.91. The molecule has 1 aliphatic rings. The number of nitrogens with one attached hydrogen (secondary N) is 2. The first-order valence-electron chi connectivity index (χ1n) is 7.43. The molecule has 0 radical (unpaired) electrons. The zero-order valence-corrected chi connectivity index (χ0v) is 13.9. The van der Waals surface area contributed by atoms with Crippen molar-refractivity contribution in [3.63, 3.8) is 0 Å². The van der Waals surface area contributed by atoms with E-state index < -0.39 is 14.9 Å². The lowest BCUT2D eigenvalue weighted by Gasteiger charge is -2.10. The Bertz CT molecular complexity index is 910. The minimum absolute atomic E-state index is 0.0518. The van der Waals surface area contributed by atoms with Crippen molar-refractivity contribution < 1.29 is 13.3 Å². The van der Waals surface area contributed by atoms with Crippen molar-refractivity contribution in [2.45, 2.75) is 31.5 Å². The zero-order valence-electron chi connectivity index (χ0n) is 13.1. The van der Waals surface area contributed by atoms with Crippen LogP contribution in [-0.4, -0.2) is 13.3 Å². The van der Waals surface area contributed by atoms with Gasteiger partial charge in [0.2, 0.25) is 10.0 Å². The zero-order chi connectivity index (χ0) is 17.3. The monoisotopic (exact) mass is 347 g/mol. The molecule has 8 heteroatoms. The van der Waals surface area contributed by atoms with E-state index in [-0.39, 0.29) is 17.1 Å². The lowest BCUT2D eigenvalue weighted by atomic mass is 10.1. The van der Waals surface area contributed by atoms with Crippen molar-refractivity contribution in [1.29, 1.82) is 0 Å². The predicted octanol–water partition coefficient (Wildman–Crippen LogP) is 1.98. The summed E-state index contributed by atoms with van der Waals surface area (Å²) >= 11 is 0. The molecule has 3 rings (SSSR count). The van der Waals surface area contributed by atoms with Crippen LogP contribution in [0.25, 0.3) is 0 Å². The highest BCUT2D eigenvalue weighted by Gasteiger charge is 2.19. The first-order chi connectivity index (χ1) is 11.4. The highest BCUT2D eigenvalue weighted by atomic mass is 32.2. The molecule has 0 fully saturated rings. The lowest BCUT2D eigenvalue weighted by Crippen LogP contribution is -2.24. The number of fused-ring (bicyclic) bond motifs is 1. The molecule has 1 aliphatic heterocycles. The van der Waals surface area contributed by atoms with Gasteiger partial charge in [0.05, 0.1) is 9.82 Å². The van der Waals surface area contributed by atoms with Gasteiger partial charge in [0.15, 0.2) is 0 Å². The van der Waals surface area contributed by atoms with E-state index in [0.29, 0.717) is 5.56 Å². The van der Waals surface area contributed by atoms with Crippen LogP contribution in [0.15, 0.2) is 41.3 Å². The van der Waals surface area contributed by atoms with Gasteiger partial charge in [-0.25, -0.2) is 13.1 Å². The third-order valence-corrected chi connectivity index (χ3v) is 5.59. The van der Waals surface area contributed by atoms with Crippen LogP contribution in [0.4, 0.5) is 5.69 Å². The maximum absolute atomic E-state index is 12.4. The number of nitro groups is 1. The van der Waals surface area contributed by atoms with Gasteiger partial charge >= 0.3 is 0 Å². The molecule has 7 nitrogen and oxygen atoms in total. The summed E-state index contributed by atoms with van der Waals surface area (Å²) in [6.45, 7) is 3.34. The van der Waals surface area contributed by atoms with E-state index in [1.54, 1.807) is 6.92 Å². The minimum Gasteiger partial charge on any atom is -0.309 e. The molecule has 24 heavy (non-hydrogen) atoms. The average Bonchev–Trinajstić information content (AvgIpc) is 3.00. The number of non-ortho nitro benzene ring substituents is 1. The molecule has 0 unspecified atom stereocenters. The normalized spacial score (nSPS) is 13.7. The number of rotatable bonds is 5. The fourth-order valence-electron chi connectivity index (χ4n) is 2.76. The van der Waals surface area contributed by atoms with Gasteiger partial charge in [-0.1, -0.05) is 18.2 Å². The highest BCUT2D eigenvalue weighted by Crippen LogP contribution is 2.22. The Balaban J connectivity index is 1.78. The van der Waals surface area contributed by atoms with E-state index in [1.165, 1.54) is 29.3 Å². The van der Waals surface area contributed by atoms with Crippen molar-refractivity contribution in [1.82, 2.24) is 10.0 Å². The quantitative estimate of drug-likeness (QED) is 0.636. The third kappa shape index (κ3) is 3.30. The maximum atomic E-state index is 12.4. The highest BCUT2D eigenvalue weighted by molar-refractivity contribution is 7.89. The van der Waals surface area contributed by atoms with Gasteiger partial charge in [-0.05, 0) is 35.2 Å². The molecule has 0 aromatic heterocycles. The topological polar surface area (TPSA) is 101 Å². The van der Waals surface area contributed by atoms with E-state index in [9.17, 15) is 18.5 Å². The van der Waals surface area contributed by atoms with Gasteiger partial charge in [0.25, 0.3) is 5.69 Å². The second kappa shape index (κ2) is 6.31. The Kier molecular flexibility index (Phi) is 4.35. The van der Waals surface area contributed by atoms with Crippen LogP contribution >= 0.6 is 0 Å². The Morgan fingerprint density at radius 3 is 2.62 bits per heavy atom. The SMILES string of the molecule is Cc1cc([N+](=O)[O-])ccc1S(=O)(=O)NCc1ccc2c(c1)CNC2. The second-order valence-corrected chi connectivity index (χ2v) is 7.47. The molecule has 126 valence electrons. The Hall–Kier alpha value is -2.29. The molecule has 0 spiro atoms. The molecule has 2 aromatic rings. The van der Waals surface area contributed by atoms with Gasteiger partial charge in [-0.2, -0.15) is 0 Å². The van der Waals surface area contributed by atoms with Gasteiger partial charge in [0, 0.05) is 31.8 Å². The number of hydrogen-bond donors (Lipinski definition) is 2. The summed E-state index contributed by atoms with van der Waals surface area (Å²) in [4.78, 5) is 10.3. The largest absolute Gasteiger partial charge is 0.309 e. The minimum atomic E-state index is -3.73. The van der Waals surface area contributed by atoms with Crippen LogP contribution in [0.3, 0.4) is 0 Å². The smallest absolute Gasteiger partial charge is 0.269 e. The van der Waals surface area contributed by atoms with Crippen LogP contribution < -0.4 is 10.0 Å². The average molecular weight is 347 g/mol. The fraction of sp³-hybridized carbons (Fsp3) is 0.250. The van der Waals surface area contributed by atoms with Crippen LogP contribution in [0.2, 0.25) is 0 Å². The summed E-state index contributed by atoms with van der Waals surface area (Å²) in [5, 5.41) is 14.0. The number of sulfonamides is 1. The summed E-state index contributed by atoms with van der Waals surface area (Å²) < 4.78 is 27.5. The molecule has 0 aliphatic carbocycles. The number of hydrogen-bond acceptors (Lipinski definition) is 5. The summed E-state index contributed by atoms with van der Waals surface area (Å²) in [7, 11) is -3.73. The van der Waals surface area contributed by atoms with E-state index >= 15 is 0 Å². The Morgan fingerprint density at radius 1 is 1.17 bits per heavy atom. The van der Waals surface area contributed by atoms with E-state index in [4.69, 9.17) is 0 Å². The van der Waals surface area contributed by atoms with E-state index in [2.05, 4.69) is 10.0 Å². The van der Waals surface area contributed by atoms with Gasteiger partial charge in [-0.15, -0.1) is 0 Å². The first kappa shape index (κ1) is 16.6. The van der Waals surface area contributed by atoms with E-state index in [1.807, 2.05) is 18.2 Å². The van der Waals surface area contributed by atoms with Crippen molar-refractivity contribution in [3.05, 3.63) is 68.8 Å². The summed E-state index contributed by atoms with van der Waals surface area (Å²) in [6, 6.07) is 9.61. The molecule has 0 saturated carbocycles. The standard InChI is InChI=1S/C16H17N3O4S/c1-11-6-15(19(20)21)4-5-16(11)24(22,23)18-8-12-2-3-13-9-17-10-14(13)7-12/h2-7,17-18H,8-10H2,1H3. The molecule has 0 bridgehead atoms. The second-order valence-electron chi connectivity index (χ2n) is 5.74. The molecule has 0 amide bonds. The molecular formula is C16H17N3O4S. The van der Waals surface area contributed by atoms with Crippen molar-refractivity contribution in [2.24, 2.45) is 0 Å². The summed E-state index contributed by atoms with van der Waals surface area (Å²) in [5.41, 5.74) is 3.50. The van der Waals surface area contributed by atoms with Crippen molar-refractivity contribution in [2.75, 3.05) is 0 Å². The summed E-state index contributed by atoms with van der Waals surface area (Å²) in [6.07, 6.45) is 0. The lowest BCUT2D eigenvalue weighted by molar-refractivity contribution is -0.385. The van der Waals surface area contributed by atoms with Crippen LogP contribution in [0.1, 0.15) is 22.3 Å². The van der Waals surface area contributed by atoms with Crippen molar-refractivity contribution >= 4 is 15.7 Å². The molecule has 2 aromatic carbocycles. The number of benzene rings is 2. The van der Waals surface area contributed by atoms with Crippen LogP contribution in [-0.2, 0) is 29.7 Å². The number of aryl methyl sites for hydroxylation is 1. The molecular weight excluding hydrogens is 330 g/mol. The Labute approximate surface area is 139 Å². The number of nitrogens with zero attached hydrogens (tertiary/aromatic N) is 1.